The quantitative estimate of drug-likeness (QED) is 0.256. The lowest BCUT2D eigenvalue weighted by atomic mass is 9.96. The van der Waals surface area contributed by atoms with E-state index in [0.717, 1.165) is 52.8 Å². The molecule has 1 N–H and O–H groups in total. The highest BCUT2D eigenvalue weighted by molar-refractivity contribution is 7.80. The largest absolute Gasteiger partial charge is 0.497 e. The molecule has 0 spiro atoms. The van der Waals surface area contributed by atoms with E-state index in [4.69, 9.17) is 26.7 Å². The number of hydrogen-bond acceptors (Lipinski definition) is 4. The highest BCUT2D eigenvalue weighted by Crippen LogP contribution is 2.44. The van der Waals surface area contributed by atoms with Gasteiger partial charge in [-0.1, -0.05) is 12.1 Å². The Balaban J connectivity index is 1.41. The number of ether oxygens (including phenoxy) is 2. The molecule has 4 aromatic rings. The van der Waals surface area contributed by atoms with Crippen LogP contribution in [0.4, 0.5) is 5.69 Å². The molecule has 39 heavy (non-hydrogen) atoms. The maximum absolute atomic E-state index is 6.24. The van der Waals surface area contributed by atoms with Gasteiger partial charge in [-0.15, -0.1) is 0 Å². The van der Waals surface area contributed by atoms with E-state index in [1.165, 1.54) is 18.4 Å². The van der Waals surface area contributed by atoms with Crippen LogP contribution in [0.15, 0.2) is 79.0 Å². The molecule has 200 valence electrons. The minimum atomic E-state index is -0.104. The monoisotopic (exact) mass is 538 g/mol. The maximum Gasteiger partial charge on any atom is 0.174 e. The summed E-state index contributed by atoms with van der Waals surface area (Å²) in [4.78, 5) is 6.95. The Morgan fingerprint density at radius 2 is 1.69 bits per heavy atom. The van der Waals surface area contributed by atoms with Crippen LogP contribution in [0.3, 0.4) is 0 Å². The van der Waals surface area contributed by atoms with Crippen LogP contribution in [-0.4, -0.2) is 27.9 Å². The summed E-state index contributed by atoms with van der Waals surface area (Å²) < 4.78 is 14.0. The van der Waals surface area contributed by atoms with E-state index in [0.29, 0.717) is 11.2 Å². The van der Waals surface area contributed by atoms with Crippen molar-refractivity contribution in [3.05, 3.63) is 102 Å². The zero-order valence-corrected chi connectivity index (χ0v) is 23.4. The van der Waals surface area contributed by atoms with Crippen molar-refractivity contribution in [2.45, 2.75) is 57.7 Å². The summed E-state index contributed by atoms with van der Waals surface area (Å²) in [6, 6.07) is 24.7. The first-order valence-corrected chi connectivity index (χ1v) is 14.0. The molecule has 0 radical (unpaired) electrons. The molecule has 6 rings (SSSR count). The van der Waals surface area contributed by atoms with Gasteiger partial charge in [-0.2, -0.15) is 0 Å². The van der Waals surface area contributed by atoms with Gasteiger partial charge in [-0.25, -0.2) is 0 Å². The molecular formula is C32H34N4O2S. The lowest BCUT2D eigenvalue weighted by Crippen LogP contribution is -2.29. The van der Waals surface area contributed by atoms with E-state index in [-0.39, 0.29) is 12.1 Å². The van der Waals surface area contributed by atoms with Gasteiger partial charge in [0.15, 0.2) is 5.11 Å². The fourth-order valence-corrected chi connectivity index (χ4v) is 6.41. The van der Waals surface area contributed by atoms with Gasteiger partial charge in [-0.3, -0.25) is 4.98 Å². The van der Waals surface area contributed by atoms with Crippen LogP contribution in [0.2, 0.25) is 0 Å². The van der Waals surface area contributed by atoms with Crippen molar-refractivity contribution in [1.82, 2.24) is 14.9 Å². The fourth-order valence-electron chi connectivity index (χ4n) is 6.07. The predicted octanol–water partition coefficient (Wildman–Crippen LogP) is 7.00. The van der Waals surface area contributed by atoms with Gasteiger partial charge in [0.25, 0.3) is 0 Å². The zero-order chi connectivity index (χ0) is 26.9. The Bertz CT molecular complexity index is 1460. The minimum Gasteiger partial charge on any atom is -0.497 e. The van der Waals surface area contributed by atoms with Crippen molar-refractivity contribution >= 4 is 23.0 Å². The topological polar surface area (TPSA) is 51.5 Å². The van der Waals surface area contributed by atoms with E-state index in [2.05, 4.69) is 77.2 Å². The summed E-state index contributed by atoms with van der Waals surface area (Å²) >= 11 is 5.97. The number of aromatic nitrogens is 2. The first kappa shape index (κ1) is 25.4. The van der Waals surface area contributed by atoms with Gasteiger partial charge in [0.05, 0.1) is 31.0 Å². The molecule has 2 aromatic heterocycles. The molecule has 1 aliphatic carbocycles. The van der Waals surface area contributed by atoms with Crippen LogP contribution in [0.5, 0.6) is 11.5 Å². The molecule has 1 aliphatic heterocycles. The normalized spacial score (nSPS) is 19.4. The maximum atomic E-state index is 6.24. The molecule has 2 aromatic carbocycles. The van der Waals surface area contributed by atoms with Crippen LogP contribution >= 0.6 is 12.2 Å². The van der Waals surface area contributed by atoms with Crippen molar-refractivity contribution in [1.29, 1.82) is 0 Å². The van der Waals surface area contributed by atoms with Crippen LogP contribution in [0.1, 0.15) is 60.4 Å². The Morgan fingerprint density at radius 1 is 0.897 bits per heavy atom. The first-order chi connectivity index (χ1) is 19.0. The average molecular weight is 539 g/mol. The average Bonchev–Trinajstić information content (AvgIpc) is 3.67. The molecule has 0 bridgehead atoms. The minimum absolute atomic E-state index is 0.0837. The first-order valence-electron chi connectivity index (χ1n) is 13.6. The van der Waals surface area contributed by atoms with Gasteiger partial charge in [0, 0.05) is 35.0 Å². The number of nitrogens with one attached hydrogen (secondary N) is 1. The van der Waals surface area contributed by atoms with Crippen molar-refractivity contribution < 1.29 is 9.47 Å². The second kappa shape index (κ2) is 10.7. The Morgan fingerprint density at radius 3 is 2.41 bits per heavy atom. The van der Waals surface area contributed by atoms with Gasteiger partial charge in [0.1, 0.15) is 11.5 Å². The summed E-state index contributed by atoms with van der Waals surface area (Å²) in [6.07, 6.45) is 6.95. The molecule has 3 heterocycles. The lowest BCUT2D eigenvalue weighted by molar-refractivity contribution is 0.210. The molecule has 1 saturated heterocycles. The molecule has 7 heteroatoms. The predicted molar refractivity (Wildman–Crippen MR) is 159 cm³/mol. The summed E-state index contributed by atoms with van der Waals surface area (Å²) in [5, 5.41) is 4.28. The van der Waals surface area contributed by atoms with Gasteiger partial charge < -0.3 is 24.3 Å². The molecule has 0 amide bonds. The molecule has 1 saturated carbocycles. The Kier molecular flexibility index (Phi) is 7.00. The van der Waals surface area contributed by atoms with Gasteiger partial charge in [0.2, 0.25) is 0 Å². The Hall–Kier alpha value is -3.84. The number of nitrogens with zero attached hydrogens (tertiary/aromatic N) is 3. The number of anilines is 1. The van der Waals surface area contributed by atoms with Crippen molar-refractivity contribution in [3.63, 3.8) is 0 Å². The summed E-state index contributed by atoms with van der Waals surface area (Å²) in [7, 11) is 1.70. The third-order valence-electron chi connectivity index (χ3n) is 7.92. The standard InChI is InChI=1S/C32H34N4O2S/c1-21-19-28(22(2)35(21)24-9-8-12-27(20-24)37-3)31-30(29-13-6-7-18-33-29)34-32(39)36(31)23-14-16-26(17-15-23)38-25-10-4-5-11-25/h6-9,12-20,25,30-31H,4-5,10-11H2,1-3H3,(H,34,39)/t30-,31-/m1/s1. The summed E-state index contributed by atoms with van der Waals surface area (Å²) in [6.45, 7) is 4.32. The summed E-state index contributed by atoms with van der Waals surface area (Å²) in [5.41, 5.74) is 6.56. The smallest absolute Gasteiger partial charge is 0.174 e. The number of aryl methyl sites for hydroxylation is 1. The number of rotatable bonds is 7. The number of hydrogen-bond donors (Lipinski definition) is 1. The second-order valence-electron chi connectivity index (χ2n) is 10.4. The molecule has 2 aliphatic rings. The highest BCUT2D eigenvalue weighted by atomic mass is 32.1. The Labute approximate surface area is 235 Å². The van der Waals surface area contributed by atoms with Crippen LogP contribution in [-0.2, 0) is 0 Å². The molecule has 6 nitrogen and oxygen atoms in total. The van der Waals surface area contributed by atoms with E-state index >= 15 is 0 Å². The summed E-state index contributed by atoms with van der Waals surface area (Å²) in [5.74, 6) is 1.75. The number of methoxy groups -OCH3 is 1. The number of pyridine rings is 1. The van der Waals surface area contributed by atoms with Crippen LogP contribution in [0, 0.1) is 13.8 Å². The van der Waals surface area contributed by atoms with E-state index in [1.807, 2.05) is 30.5 Å². The molecule has 0 unspecified atom stereocenters. The molecular weight excluding hydrogens is 504 g/mol. The van der Waals surface area contributed by atoms with E-state index in [1.54, 1.807) is 7.11 Å². The van der Waals surface area contributed by atoms with Gasteiger partial charge >= 0.3 is 0 Å². The van der Waals surface area contributed by atoms with E-state index in [9.17, 15) is 0 Å². The van der Waals surface area contributed by atoms with Crippen molar-refractivity contribution in [2.75, 3.05) is 12.0 Å². The lowest BCUT2D eigenvalue weighted by Gasteiger charge is -2.28. The van der Waals surface area contributed by atoms with Crippen LogP contribution < -0.4 is 19.7 Å². The molecule has 2 fully saturated rings. The van der Waals surface area contributed by atoms with Crippen molar-refractivity contribution in [2.24, 2.45) is 0 Å². The number of thiocarbonyl (C=S) groups is 1. The van der Waals surface area contributed by atoms with Crippen LogP contribution in [0.25, 0.3) is 5.69 Å². The van der Waals surface area contributed by atoms with E-state index < -0.39 is 0 Å². The van der Waals surface area contributed by atoms with Gasteiger partial charge in [-0.05, 0) is 112 Å². The van der Waals surface area contributed by atoms with Crippen molar-refractivity contribution in [3.8, 4) is 17.2 Å². The zero-order valence-electron chi connectivity index (χ0n) is 22.6. The third-order valence-corrected chi connectivity index (χ3v) is 8.23. The second-order valence-corrected chi connectivity index (χ2v) is 10.8. The third kappa shape index (κ3) is 4.87. The highest BCUT2D eigenvalue weighted by Gasteiger charge is 2.42. The molecule has 2 atom stereocenters. The fraction of sp³-hybridized carbons (Fsp3) is 0.312. The SMILES string of the molecule is COc1cccc(-n2c(C)cc([C@@H]3[C@@H](c4ccccn4)NC(=S)N3c3ccc(OC4CCCC4)cc3)c2C)c1. The number of benzene rings is 2.